The van der Waals surface area contributed by atoms with Crippen LogP contribution in [0.1, 0.15) is 42.6 Å². The molecule has 1 aromatic heterocycles. The van der Waals surface area contributed by atoms with Crippen molar-refractivity contribution in [2.75, 3.05) is 6.61 Å². The summed E-state index contributed by atoms with van der Waals surface area (Å²) in [6.07, 6.45) is 1.41. The number of carboxylic acids is 1. The van der Waals surface area contributed by atoms with Crippen molar-refractivity contribution in [1.82, 2.24) is 9.97 Å². The van der Waals surface area contributed by atoms with E-state index in [1.807, 2.05) is 13.8 Å². The van der Waals surface area contributed by atoms with E-state index in [1.54, 1.807) is 31.2 Å². The summed E-state index contributed by atoms with van der Waals surface area (Å²) in [7, 11) is 0. The maximum Gasteiger partial charge on any atom is 0.335 e. The van der Waals surface area contributed by atoms with Gasteiger partial charge in [0.2, 0.25) is 0 Å². The SMILES string of the molecule is CCOc1cc2ncnc(-c3ccc(C(=O)O)c(C(C)C)c3)c2cc1F. The molecule has 3 aromatic rings. The third-order valence-corrected chi connectivity index (χ3v) is 4.17. The molecule has 6 heteroatoms. The number of ether oxygens (including phenoxy) is 1. The summed E-state index contributed by atoms with van der Waals surface area (Å²) >= 11 is 0. The van der Waals surface area contributed by atoms with Gasteiger partial charge in [0.15, 0.2) is 11.6 Å². The highest BCUT2D eigenvalue weighted by Gasteiger charge is 2.17. The Kier molecular flexibility index (Phi) is 4.84. The molecule has 0 radical (unpaired) electrons. The Labute approximate surface area is 150 Å². The van der Waals surface area contributed by atoms with E-state index in [0.717, 1.165) is 5.56 Å². The zero-order valence-corrected chi connectivity index (χ0v) is 14.8. The van der Waals surface area contributed by atoms with Crippen LogP contribution >= 0.6 is 0 Å². The average molecular weight is 354 g/mol. The van der Waals surface area contributed by atoms with Gasteiger partial charge in [-0.15, -0.1) is 0 Å². The minimum atomic E-state index is -0.972. The maximum atomic E-state index is 14.3. The van der Waals surface area contributed by atoms with E-state index >= 15 is 0 Å². The largest absolute Gasteiger partial charge is 0.491 e. The lowest BCUT2D eigenvalue weighted by Crippen LogP contribution is -2.04. The van der Waals surface area contributed by atoms with Crippen LogP contribution < -0.4 is 4.74 Å². The van der Waals surface area contributed by atoms with Gasteiger partial charge in [-0.05, 0) is 36.6 Å². The van der Waals surface area contributed by atoms with Gasteiger partial charge in [0, 0.05) is 17.0 Å². The molecular weight excluding hydrogens is 335 g/mol. The van der Waals surface area contributed by atoms with Crippen LogP contribution in [0.4, 0.5) is 4.39 Å². The third kappa shape index (κ3) is 3.22. The van der Waals surface area contributed by atoms with Crippen molar-refractivity contribution < 1.29 is 19.0 Å². The number of hydrogen-bond donors (Lipinski definition) is 1. The molecule has 0 atom stereocenters. The van der Waals surface area contributed by atoms with Crippen molar-refractivity contribution in [2.45, 2.75) is 26.7 Å². The predicted molar refractivity (Wildman–Crippen MR) is 97.1 cm³/mol. The van der Waals surface area contributed by atoms with Crippen LogP contribution in [-0.4, -0.2) is 27.7 Å². The Balaban J connectivity index is 2.21. The predicted octanol–water partition coefficient (Wildman–Crippen LogP) is 4.66. The number of benzene rings is 2. The number of hydrogen-bond acceptors (Lipinski definition) is 4. The second-order valence-corrected chi connectivity index (χ2v) is 6.22. The minimum Gasteiger partial charge on any atom is -0.491 e. The summed E-state index contributed by atoms with van der Waals surface area (Å²) in [5.41, 5.74) is 2.79. The topological polar surface area (TPSA) is 72.3 Å². The van der Waals surface area contributed by atoms with Gasteiger partial charge in [-0.25, -0.2) is 19.2 Å². The molecule has 0 unspecified atom stereocenters. The van der Waals surface area contributed by atoms with Crippen LogP contribution in [0.2, 0.25) is 0 Å². The Hall–Kier alpha value is -3.02. The number of fused-ring (bicyclic) bond motifs is 1. The quantitative estimate of drug-likeness (QED) is 0.722. The second kappa shape index (κ2) is 7.07. The fraction of sp³-hybridized carbons (Fsp3) is 0.250. The van der Waals surface area contributed by atoms with E-state index in [1.165, 1.54) is 12.4 Å². The molecule has 0 aliphatic heterocycles. The molecular formula is C20H19FN2O3. The van der Waals surface area contributed by atoms with Crippen molar-refractivity contribution in [3.05, 3.63) is 53.6 Å². The number of rotatable bonds is 5. The Morgan fingerprint density at radius 2 is 2.00 bits per heavy atom. The summed E-state index contributed by atoms with van der Waals surface area (Å²) < 4.78 is 19.6. The first-order valence-corrected chi connectivity index (χ1v) is 8.37. The summed E-state index contributed by atoms with van der Waals surface area (Å²) in [6.45, 7) is 6.00. The molecule has 5 nitrogen and oxygen atoms in total. The lowest BCUT2D eigenvalue weighted by Gasteiger charge is -2.13. The Morgan fingerprint density at radius 1 is 1.23 bits per heavy atom. The Morgan fingerprint density at radius 3 is 2.65 bits per heavy atom. The highest BCUT2D eigenvalue weighted by atomic mass is 19.1. The minimum absolute atomic E-state index is 0.0236. The van der Waals surface area contributed by atoms with Gasteiger partial charge in [0.05, 0.1) is 23.4 Å². The van der Waals surface area contributed by atoms with E-state index < -0.39 is 11.8 Å². The smallest absolute Gasteiger partial charge is 0.335 e. The molecule has 3 rings (SSSR count). The van der Waals surface area contributed by atoms with Crippen molar-refractivity contribution >= 4 is 16.9 Å². The van der Waals surface area contributed by atoms with Crippen molar-refractivity contribution in [1.29, 1.82) is 0 Å². The summed E-state index contributed by atoms with van der Waals surface area (Å²) in [5.74, 6) is -1.29. The van der Waals surface area contributed by atoms with E-state index in [0.29, 0.717) is 28.8 Å². The lowest BCUT2D eigenvalue weighted by atomic mass is 9.93. The standard InChI is InChI=1S/C20H19FN2O3/c1-4-26-18-9-17-15(8-16(18)21)19(23-10-22-17)12-5-6-13(20(24)25)14(7-12)11(2)3/h5-11H,4H2,1-3H3,(H,24,25). The van der Waals surface area contributed by atoms with Crippen LogP contribution in [0.15, 0.2) is 36.7 Å². The van der Waals surface area contributed by atoms with Crippen molar-refractivity contribution in [3.8, 4) is 17.0 Å². The number of carboxylic acid groups (broad SMARTS) is 1. The van der Waals surface area contributed by atoms with Gasteiger partial charge in [0.25, 0.3) is 0 Å². The molecule has 1 N–H and O–H groups in total. The van der Waals surface area contributed by atoms with Crippen molar-refractivity contribution in [2.24, 2.45) is 0 Å². The summed E-state index contributed by atoms with van der Waals surface area (Å²) in [6, 6.07) is 7.95. The highest BCUT2D eigenvalue weighted by molar-refractivity contribution is 5.95. The van der Waals surface area contributed by atoms with E-state index in [-0.39, 0.29) is 17.2 Å². The number of aromatic nitrogens is 2. The van der Waals surface area contributed by atoms with Gasteiger partial charge >= 0.3 is 5.97 Å². The molecule has 1 heterocycles. The van der Waals surface area contributed by atoms with Gasteiger partial charge in [-0.3, -0.25) is 0 Å². The van der Waals surface area contributed by atoms with Crippen LogP contribution in [-0.2, 0) is 0 Å². The molecule has 0 bridgehead atoms. The molecule has 0 aliphatic carbocycles. The average Bonchev–Trinajstić information content (AvgIpc) is 2.61. The summed E-state index contributed by atoms with van der Waals surface area (Å²) in [5, 5.41) is 9.92. The molecule has 0 saturated heterocycles. The normalized spacial score (nSPS) is 11.1. The highest BCUT2D eigenvalue weighted by Crippen LogP contribution is 2.32. The molecule has 2 aromatic carbocycles. The van der Waals surface area contributed by atoms with Gasteiger partial charge < -0.3 is 9.84 Å². The molecule has 0 spiro atoms. The summed E-state index contributed by atoms with van der Waals surface area (Å²) in [4.78, 5) is 19.9. The van der Waals surface area contributed by atoms with Crippen LogP contribution in [0.3, 0.4) is 0 Å². The molecule has 0 amide bonds. The molecule has 0 saturated carbocycles. The Bertz CT molecular complexity index is 986. The molecule has 134 valence electrons. The fourth-order valence-electron chi connectivity index (χ4n) is 2.94. The van der Waals surface area contributed by atoms with E-state index in [4.69, 9.17) is 4.74 Å². The first-order chi connectivity index (χ1) is 12.4. The van der Waals surface area contributed by atoms with Crippen LogP contribution in [0.25, 0.3) is 22.2 Å². The van der Waals surface area contributed by atoms with Crippen LogP contribution in [0, 0.1) is 5.82 Å². The lowest BCUT2D eigenvalue weighted by molar-refractivity contribution is 0.0695. The zero-order valence-electron chi connectivity index (χ0n) is 14.8. The van der Waals surface area contributed by atoms with E-state index in [2.05, 4.69) is 9.97 Å². The van der Waals surface area contributed by atoms with Gasteiger partial charge in [-0.1, -0.05) is 19.9 Å². The maximum absolute atomic E-state index is 14.3. The monoisotopic (exact) mass is 354 g/mol. The van der Waals surface area contributed by atoms with Crippen molar-refractivity contribution in [3.63, 3.8) is 0 Å². The molecule has 26 heavy (non-hydrogen) atoms. The fourth-order valence-corrected chi connectivity index (χ4v) is 2.94. The number of nitrogens with zero attached hydrogens (tertiary/aromatic N) is 2. The van der Waals surface area contributed by atoms with Crippen LogP contribution in [0.5, 0.6) is 5.75 Å². The molecule has 0 aliphatic rings. The zero-order chi connectivity index (χ0) is 18.8. The van der Waals surface area contributed by atoms with Gasteiger partial charge in [0.1, 0.15) is 6.33 Å². The number of halogens is 1. The first kappa shape index (κ1) is 17.8. The van der Waals surface area contributed by atoms with Gasteiger partial charge in [-0.2, -0.15) is 0 Å². The second-order valence-electron chi connectivity index (χ2n) is 6.22. The number of carbonyl (C=O) groups is 1. The first-order valence-electron chi connectivity index (χ1n) is 8.37. The van der Waals surface area contributed by atoms with E-state index in [9.17, 15) is 14.3 Å². The third-order valence-electron chi connectivity index (χ3n) is 4.17. The number of aromatic carboxylic acids is 1. The molecule has 0 fully saturated rings.